The topological polar surface area (TPSA) is 119 Å². The van der Waals surface area contributed by atoms with Crippen molar-refractivity contribution in [1.82, 2.24) is 24.9 Å². The Labute approximate surface area is 204 Å². The first-order valence-electron chi connectivity index (χ1n) is 11.8. The van der Waals surface area contributed by atoms with Crippen molar-refractivity contribution >= 4 is 5.91 Å². The zero-order valence-corrected chi connectivity index (χ0v) is 20.6. The minimum absolute atomic E-state index is 0.0465. The van der Waals surface area contributed by atoms with E-state index in [4.69, 9.17) is 4.52 Å². The maximum atomic E-state index is 12.9. The number of benzene rings is 1. The minimum Gasteiger partial charge on any atom is -0.340 e. The number of carbonyl (C=O) groups is 1. The molecule has 1 aliphatic rings. The Kier molecular flexibility index (Phi) is 7.12. The predicted octanol–water partition coefficient (Wildman–Crippen LogP) is 3.06. The predicted molar refractivity (Wildman–Crippen MR) is 131 cm³/mol. The van der Waals surface area contributed by atoms with E-state index in [-0.39, 0.29) is 23.1 Å². The molecule has 0 aliphatic carbocycles. The molecule has 182 valence electrons. The number of carbonyl (C=O) groups excluding carboxylic acids is 1. The average molecular weight is 475 g/mol. The fourth-order valence-corrected chi connectivity index (χ4v) is 4.55. The van der Waals surface area contributed by atoms with Crippen LogP contribution in [0, 0.1) is 32.1 Å². The molecule has 0 bridgehead atoms. The largest absolute Gasteiger partial charge is 0.340 e. The number of aryl methyl sites for hydroxylation is 2. The van der Waals surface area contributed by atoms with Gasteiger partial charge in [0.1, 0.15) is 11.6 Å². The molecule has 0 spiro atoms. The maximum Gasteiger partial charge on any atom is 0.266 e. The van der Waals surface area contributed by atoms with Gasteiger partial charge in [0.15, 0.2) is 0 Å². The molecule has 35 heavy (non-hydrogen) atoms. The Morgan fingerprint density at radius 1 is 1.17 bits per heavy atom. The molecular formula is C26H30N6O3. The lowest BCUT2D eigenvalue weighted by atomic mass is 9.99. The zero-order valence-electron chi connectivity index (χ0n) is 20.6. The molecule has 1 unspecified atom stereocenters. The van der Waals surface area contributed by atoms with Gasteiger partial charge in [0.25, 0.3) is 5.56 Å². The fourth-order valence-electron chi connectivity index (χ4n) is 4.55. The van der Waals surface area contributed by atoms with E-state index in [1.165, 1.54) is 5.56 Å². The van der Waals surface area contributed by atoms with Crippen LogP contribution >= 0.6 is 0 Å². The quantitative estimate of drug-likeness (QED) is 0.583. The second-order valence-electron chi connectivity index (χ2n) is 9.08. The van der Waals surface area contributed by atoms with Gasteiger partial charge in [-0.1, -0.05) is 35.0 Å². The van der Waals surface area contributed by atoms with Gasteiger partial charge in [-0.05, 0) is 45.2 Å². The van der Waals surface area contributed by atoms with Crippen molar-refractivity contribution in [2.75, 3.05) is 26.2 Å². The fraction of sp³-hybridized carbons (Fsp3) is 0.423. The smallest absolute Gasteiger partial charge is 0.266 e. The molecule has 9 heteroatoms. The first-order chi connectivity index (χ1) is 16.8. The molecule has 4 rings (SSSR count). The number of pyridine rings is 1. The molecule has 2 aromatic heterocycles. The number of nitrogens with one attached hydrogen (secondary N) is 1. The number of piperazine rings is 1. The number of hydrogen-bond donors (Lipinski definition) is 1. The third kappa shape index (κ3) is 5.17. The Hall–Kier alpha value is -3.77. The van der Waals surface area contributed by atoms with E-state index in [2.05, 4.69) is 20.0 Å². The van der Waals surface area contributed by atoms with Crippen LogP contribution in [-0.2, 0) is 11.2 Å². The van der Waals surface area contributed by atoms with E-state index in [1.807, 2.05) is 49.1 Å². The Morgan fingerprint density at radius 2 is 1.86 bits per heavy atom. The normalized spacial score (nSPS) is 15.1. The highest BCUT2D eigenvalue weighted by Crippen LogP contribution is 2.24. The van der Waals surface area contributed by atoms with Crippen LogP contribution in [0.15, 0.2) is 33.6 Å². The van der Waals surface area contributed by atoms with Crippen molar-refractivity contribution in [3.63, 3.8) is 0 Å². The van der Waals surface area contributed by atoms with Gasteiger partial charge in [0, 0.05) is 43.9 Å². The Morgan fingerprint density at radius 3 is 2.51 bits per heavy atom. The molecular weight excluding hydrogens is 444 g/mol. The number of H-pyrrole nitrogens is 1. The van der Waals surface area contributed by atoms with Crippen molar-refractivity contribution in [2.45, 2.75) is 46.6 Å². The van der Waals surface area contributed by atoms with Gasteiger partial charge in [0.2, 0.25) is 17.6 Å². The summed E-state index contributed by atoms with van der Waals surface area (Å²) in [6.45, 7) is 10.3. The lowest BCUT2D eigenvalue weighted by Gasteiger charge is -2.36. The van der Waals surface area contributed by atoms with Gasteiger partial charge in [-0.3, -0.25) is 14.5 Å². The summed E-state index contributed by atoms with van der Waals surface area (Å²) in [6.07, 6.45) is 0.820. The first kappa shape index (κ1) is 24.4. The monoisotopic (exact) mass is 474 g/mol. The summed E-state index contributed by atoms with van der Waals surface area (Å²) in [5, 5.41) is 13.4. The molecule has 3 heterocycles. The summed E-state index contributed by atoms with van der Waals surface area (Å²) < 4.78 is 5.54. The number of hydrogen-bond acceptors (Lipinski definition) is 7. The van der Waals surface area contributed by atoms with Crippen LogP contribution in [0.3, 0.4) is 0 Å². The van der Waals surface area contributed by atoms with Crippen molar-refractivity contribution in [3.05, 3.63) is 68.5 Å². The number of amides is 1. The number of aromatic nitrogens is 3. The second kappa shape index (κ2) is 10.2. The summed E-state index contributed by atoms with van der Waals surface area (Å²) in [7, 11) is 0. The lowest BCUT2D eigenvalue weighted by Crippen LogP contribution is -2.49. The lowest BCUT2D eigenvalue weighted by molar-refractivity contribution is -0.133. The number of nitrogens with zero attached hydrogens (tertiary/aromatic N) is 5. The van der Waals surface area contributed by atoms with Gasteiger partial charge in [-0.15, -0.1) is 0 Å². The molecule has 0 saturated carbocycles. The van der Waals surface area contributed by atoms with E-state index in [0.717, 1.165) is 11.1 Å². The molecule has 0 radical (unpaired) electrons. The number of nitriles is 1. The zero-order chi connectivity index (χ0) is 25.1. The summed E-state index contributed by atoms with van der Waals surface area (Å²) in [5.74, 6) is 1.21. The van der Waals surface area contributed by atoms with E-state index in [0.29, 0.717) is 62.0 Å². The van der Waals surface area contributed by atoms with E-state index >= 15 is 0 Å². The molecule has 1 atom stereocenters. The van der Waals surface area contributed by atoms with Crippen LogP contribution in [0.4, 0.5) is 0 Å². The highest BCUT2D eigenvalue weighted by molar-refractivity contribution is 5.76. The third-order valence-electron chi connectivity index (χ3n) is 6.83. The minimum atomic E-state index is -0.380. The molecule has 3 aromatic rings. The van der Waals surface area contributed by atoms with Gasteiger partial charge >= 0.3 is 0 Å². The number of aromatic amines is 1. The summed E-state index contributed by atoms with van der Waals surface area (Å²) >= 11 is 0. The van der Waals surface area contributed by atoms with Crippen molar-refractivity contribution in [1.29, 1.82) is 5.26 Å². The number of rotatable bonds is 6. The van der Waals surface area contributed by atoms with Crippen LogP contribution in [0.5, 0.6) is 0 Å². The Balaban J connectivity index is 1.33. The van der Waals surface area contributed by atoms with Crippen LogP contribution in [0.2, 0.25) is 0 Å². The molecule has 1 amide bonds. The molecule has 1 saturated heterocycles. The van der Waals surface area contributed by atoms with Crippen LogP contribution in [-0.4, -0.2) is 57.0 Å². The van der Waals surface area contributed by atoms with E-state index < -0.39 is 0 Å². The van der Waals surface area contributed by atoms with Crippen molar-refractivity contribution in [2.24, 2.45) is 0 Å². The highest BCUT2D eigenvalue weighted by atomic mass is 16.5. The van der Waals surface area contributed by atoms with Gasteiger partial charge in [0.05, 0.1) is 6.04 Å². The van der Waals surface area contributed by atoms with Crippen molar-refractivity contribution < 1.29 is 9.32 Å². The molecule has 1 fully saturated rings. The molecule has 1 aromatic carbocycles. The van der Waals surface area contributed by atoms with Crippen LogP contribution in [0.1, 0.15) is 53.2 Å². The van der Waals surface area contributed by atoms with E-state index in [9.17, 15) is 14.9 Å². The summed E-state index contributed by atoms with van der Waals surface area (Å²) in [5.41, 5.74) is 4.06. The molecule has 1 N–H and O–H groups in total. The van der Waals surface area contributed by atoms with Crippen molar-refractivity contribution in [3.8, 4) is 17.5 Å². The second-order valence-corrected chi connectivity index (χ2v) is 9.08. The van der Waals surface area contributed by atoms with Crippen LogP contribution in [0.25, 0.3) is 11.4 Å². The third-order valence-corrected chi connectivity index (χ3v) is 6.83. The molecule has 9 nitrogen and oxygen atoms in total. The maximum absolute atomic E-state index is 12.9. The van der Waals surface area contributed by atoms with Gasteiger partial charge < -0.3 is 14.4 Å². The highest BCUT2D eigenvalue weighted by Gasteiger charge is 2.28. The SMILES string of the molecule is Cc1ccc(-c2noc(C(C)N3CCN(C(=O)CCc4c(C)[nH]c(=O)c(C#N)c4C)CC3)n2)cc1. The van der Waals surface area contributed by atoms with Gasteiger partial charge in [-0.2, -0.15) is 10.2 Å². The summed E-state index contributed by atoms with van der Waals surface area (Å²) in [6, 6.07) is 9.92. The first-order valence-corrected chi connectivity index (χ1v) is 11.8. The van der Waals surface area contributed by atoms with E-state index in [1.54, 1.807) is 13.8 Å². The van der Waals surface area contributed by atoms with Crippen LogP contribution < -0.4 is 5.56 Å². The molecule has 1 aliphatic heterocycles. The van der Waals surface area contributed by atoms with Gasteiger partial charge in [-0.25, -0.2) is 0 Å². The standard InChI is InChI=1S/C26H30N6O3/c1-16-5-7-20(8-6-16)24-29-26(35-30-24)19(4)31-11-13-32(14-12-31)23(33)10-9-21-17(2)22(15-27)25(34)28-18(21)3/h5-8,19H,9-14H2,1-4H3,(H,28,34). The Bertz CT molecular complexity index is 1310. The summed E-state index contributed by atoms with van der Waals surface area (Å²) in [4.78, 5) is 36.2. The average Bonchev–Trinajstić information content (AvgIpc) is 3.34.